The fourth-order valence-corrected chi connectivity index (χ4v) is 2.79. The number of ether oxygens (including phenoxy) is 1. The number of aryl methyl sites for hydroxylation is 2. The second-order valence-corrected chi connectivity index (χ2v) is 6.54. The summed E-state index contributed by atoms with van der Waals surface area (Å²) in [7, 11) is 0. The Balaban J connectivity index is 2.25. The minimum atomic E-state index is -0.426. The summed E-state index contributed by atoms with van der Waals surface area (Å²) in [6.07, 6.45) is 1.48. The Morgan fingerprint density at radius 3 is 2.55 bits per heavy atom. The van der Waals surface area contributed by atoms with Crippen LogP contribution in [0.15, 0.2) is 6.20 Å². The Hall–Kier alpha value is -2.15. The highest BCUT2D eigenvalue weighted by Crippen LogP contribution is 2.22. The van der Waals surface area contributed by atoms with Gasteiger partial charge in [0.1, 0.15) is 5.69 Å². The zero-order chi connectivity index (χ0) is 16.4. The number of H-pyrrole nitrogens is 1. The molecular formula is C15H19N3O3S. The van der Waals surface area contributed by atoms with E-state index in [-0.39, 0.29) is 12.0 Å². The number of hydrogen-bond acceptors (Lipinski definition) is 5. The molecule has 7 heteroatoms. The number of esters is 1. The third kappa shape index (κ3) is 3.36. The summed E-state index contributed by atoms with van der Waals surface area (Å²) in [6, 6.07) is 0. The van der Waals surface area contributed by atoms with E-state index in [0.29, 0.717) is 27.6 Å². The van der Waals surface area contributed by atoms with E-state index in [0.717, 1.165) is 4.88 Å². The fourth-order valence-electron chi connectivity index (χ4n) is 2.13. The van der Waals surface area contributed by atoms with Gasteiger partial charge in [0.15, 0.2) is 5.13 Å². The maximum Gasteiger partial charge on any atom is 0.340 e. The average Bonchev–Trinajstić information content (AvgIpc) is 2.92. The topological polar surface area (TPSA) is 84.1 Å². The molecule has 2 rings (SSSR count). The minimum absolute atomic E-state index is 0.211. The summed E-state index contributed by atoms with van der Waals surface area (Å²) in [6.45, 7) is 8.95. The van der Waals surface area contributed by atoms with Gasteiger partial charge in [-0.2, -0.15) is 0 Å². The lowest BCUT2D eigenvalue weighted by atomic mass is 10.1. The molecule has 2 heterocycles. The average molecular weight is 321 g/mol. The lowest BCUT2D eigenvalue weighted by Crippen LogP contribution is -2.15. The van der Waals surface area contributed by atoms with E-state index < -0.39 is 5.97 Å². The van der Waals surface area contributed by atoms with E-state index in [2.05, 4.69) is 15.3 Å². The summed E-state index contributed by atoms with van der Waals surface area (Å²) in [5, 5.41) is 3.25. The first-order chi connectivity index (χ1) is 10.3. The van der Waals surface area contributed by atoms with Gasteiger partial charge in [-0.15, -0.1) is 11.3 Å². The predicted octanol–water partition coefficient (Wildman–Crippen LogP) is 3.21. The van der Waals surface area contributed by atoms with Crippen molar-refractivity contribution in [3.05, 3.63) is 33.6 Å². The molecule has 1 amide bonds. The van der Waals surface area contributed by atoms with Crippen molar-refractivity contribution < 1.29 is 14.3 Å². The van der Waals surface area contributed by atoms with Crippen molar-refractivity contribution in [2.24, 2.45) is 0 Å². The molecule has 0 aliphatic rings. The Morgan fingerprint density at radius 2 is 2.00 bits per heavy atom. The van der Waals surface area contributed by atoms with E-state index in [1.165, 1.54) is 11.3 Å². The maximum atomic E-state index is 12.3. The third-order valence-electron chi connectivity index (χ3n) is 3.05. The minimum Gasteiger partial charge on any atom is -0.459 e. The van der Waals surface area contributed by atoms with Crippen molar-refractivity contribution in [1.29, 1.82) is 0 Å². The van der Waals surface area contributed by atoms with Crippen LogP contribution >= 0.6 is 11.3 Å². The van der Waals surface area contributed by atoms with Crippen molar-refractivity contribution in [3.63, 3.8) is 0 Å². The Morgan fingerprint density at radius 1 is 1.32 bits per heavy atom. The van der Waals surface area contributed by atoms with Crippen molar-refractivity contribution in [2.45, 2.75) is 40.7 Å². The molecule has 6 nitrogen and oxygen atoms in total. The number of rotatable bonds is 4. The van der Waals surface area contributed by atoms with Crippen LogP contribution in [0.2, 0.25) is 0 Å². The van der Waals surface area contributed by atoms with Crippen LogP contribution in [-0.2, 0) is 4.74 Å². The molecule has 0 bridgehead atoms. The van der Waals surface area contributed by atoms with E-state index in [1.807, 2.05) is 6.92 Å². The van der Waals surface area contributed by atoms with Crippen LogP contribution in [0.4, 0.5) is 5.13 Å². The van der Waals surface area contributed by atoms with Crippen LogP contribution in [-0.4, -0.2) is 27.9 Å². The van der Waals surface area contributed by atoms with Gasteiger partial charge in [0.2, 0.25) is 0 Å². The number of hydrogen-bond donors (Lipinski definition) is 2. The summed E-state index contributed by atoms with van der Waals surface area (Å²) in [5.74, 6) is -0.746. The number of amides is 1. The van der Waals surface area contributed by atoms with Gasteiger partial charge in [-0.25, -0.2) is 9.78 Å². The van der Waals surface area contributed by atoms with Gasteiger partial charge < -0.3 is 9.72 Å². The van der Waals surface area contributed by atoms with Gasteiger partial charge in [0.25, 0.3) is 5.91 Å². The normalized spacial score (nSPS) is 10.8. The van der Waals surface area contributed by atoms with E-state index in [9.17, 15) is 9.59 Å². The first kappa shape index (κ1) is 16.2. The number of carbonyl (C=O) groups excluding carboxylic acids is 2. The van der Waals surface area contributed by atoms with Crippen LogP contribution in [0.1, 0.15) is 50.8 Å². The van der Waals surface area contributed by atoms with Crippen molar-refractivity contribution >= 4 is 28.3 Å². The molecule has 0 aliphatic carbocycles. The van der Waals surface area contributed by atoms with Gasteiger partial charge in [0, 0.05) is 16.8 Å². The maximum absolute atomic E-state index is 12.3. The Kier molecular flexibility index (Phi) is 4.65. The van der Waals surface area contributed by atoms with Gasteiger partial charge in [-0.3, -0.25) is 10.1 Å². The SMILES string of the molecule is Cc1cnc(NC(=O)c2[nH]c(C)c(C(=O)OC(C)C)c2C)s1. The van der Waals surface area contributed by atoms with Gasteiger partial charge in [-0.05, 0) is 40.2 Å². The van der Waals surface area contributed by atoms with Crippen molar-refractivity contribution in [2.75, 3.05) is 5.32 Å². The molecule has 0 unspecified atom stereocenters. The summed E-state index contributed by atoms with van der Waals surface area (Å²) < 4.78 is 5.21. The predicted molar refractivity (Wildman–Crippen MR) is 85.6 cm³/mol. The van der Waals surface area contributed by atoms with Gasteiger partial charge >= 0.3 is 5.97 Å². The first-order valence-corrected chi connectivity index (χ1v) is 7.75. The van der Waals surface area contributed by atoms with Crippen LogP contribution in [0.25, 0.3) is 0 Å². The molecule has 2 N–H and O–H groups in total. The molecule has 0 fully saturated rings. The zero-order valence-electron chi connectivity index (χ0n) is 13.2. The quantitative estimate of drug-likeness (QED) is 0.847. The van der Waals surface area contributed by atoms with E-state index in [4.69, 9.17) is 4.74 Å². The third-order valence-corrected chi connectivity index (χ3v) is 3.88. The number of aromatic amines is 1. The molecule has 0 aliphatic heterocycles. The Bertz CT molecular complexity index is 716. The smallest absolute Gasteiger partial charge is 0.340 e. The lowest BCUT2D eigenvalue weighted by Gasteiger charge is -2.08. The molecule has 0 atom stereocenters. The molecule has 118 valence electrons. The molecule has 0 aromatic carbocycles. The van der Waals surface area contributed by atoms with Gasteiger partial charge in [0.05, 0.1) is 11.7 Å². The highest BCUT2D eigenvalue weighted by Gasteiger charge is 2.24. The number of nitrogens with one attached hydrogen (secondary N) is 2. The molecule has 22 heavy (non-hydrogen) atoms. The highest BCUT2D eigenvalue weighted by molar-refractivity contribution is 7.15. The zero-order valence-corrected chi connectivity index (χ0v) is 14.1. The standard InChI is InChI=1S/C15H19N3O3S/c1-7(2)21-14(20)11-9(4)12(17-10(11)5)13(19)18-15-16-6-8(3)22-15/h6-7,17H,1-5H3,(H,16,18,19). The first-order valence-electron chi connectivity index (χ1n) is 6.93. The van der Waals surface area contributed by atoms with E-state index in [1.54, 1.807) is 33.9 Å². The van der Waals surface area contributed by atoms with Crippen molar-refractivity contribution in [1.82, 2.24) is 9.97 Å². The molecule has 0 spiro atoms. The Labute approximate surface area is 132 Å². The summed E-state index contributed by atoms with van der Waals surface area (Å²) in [5.41, 5.74) is 1.95. The largest absolute Gasteiger partial charge is 0.459 e. The summed E-state index contributed by atoms with van der Waals surface area (Å²) >= 11 is 1.39. The van der Waals surface area contributed by atoms with Crippen molar-refractivity contribution in [3.8, 4) is 0 Å². The number of aromatic nitrogens is 2. The molecule has 2 aromatic rings. The monoisotopic (exact) mass is 321 g/mol. The lowest BCUT2D eigenvalue weighted by molar-refractivity contribution is 0.0376. The van der Waals surface area contributed by atoms with Crippen LogP contribution in [0.3, 0.4) is 0 Å². The number of anilines is 1. The highest BCUT2D eigenvalue weighted by atomic mass is 32.1. The number of nitrogens with zero attached hydrogens (tertiary/aromatic N) is 1. The second kappa shape index (κ2) is 6.31. The summed E-state index contributed by atoms with van der Waals surface area (Å²) in [4.78, 5) is 32.5. The number of carbonyl (C=O) groups is 2. The fraction of sp³-hybridized carbons (Fsp3) is 0.400. The van der Waals surface area contributed by atoms with Crippen LogP contribution in [0.5, 0.6) is 0 Å². The molecule has 0 radical (unpaired) electrons. The second-order valence-electron chi connectivity index (χ2n) is 5.31. The molecule has 2 aromatic heterocycles. The van der Waals surface area contributed by atoms with E-state index >= 15 is 0 Å². The molecule has 0 saturated heterocycles. The van der Waals surface area contributed by atoms with Crippen LogP contribution in [0, 0.1) is 20.8 Å². The number of thiazole rings is 1. The van der Waals surface area contributed by atoms with Crippen LogP contribution < -0.4 is 5.32 Å². The molecular weight excluding hydrogens is 302 g/mol. The molecule has 0 saturated carbocycles. The van der Waals surface area contributed by atoms with Gasteiger partial charge in [-0.1, -0.05) is 0 Å².